The molecule has 3 aliphatic heterocycles. The molecule has 0 unspecified atom stereocenters. The number of hydrogen-bond donors (Lipinski definition) is 2. The summed E-state index contributed by atoms with van der Waals surface area (Å²) in [6.45, 7) is 3.39. The van der Waals surface area contributed by atoms with Gasteiger partial charge in [-0.05, 0) is 56.1 Å². The molecule has 3 aliphatic rings. The first-order valence-electron chi connectivity index (χ1n) is 8.07. The molecule has 23 heavy (non-hydrogen) atoms. The van der Waals surface area contributed by atoms with Crippen molar-refractivity contribution < 1.29 is 4.79 Å². The van der Waals surface area contributed by atoms with Crippen LogP contribution in [0.5, 0.6) is 0 Å². The molecule has 1 aromatic carbocycles. The number of rotatable bonds is 4. The van der Waals surface area contributed by atoms with Crippen LogP contribution in [0, 0.1) is 5.92 Å². The molecule has 120 valence electrons. The fourth-order valence-corrected chi connectivity index (χ4v) is 4.23. The molecular formula is C17H20N4OS. The lowest BCUT2D eigenvalue weighted by Crippen LogP contribution is -2.57. The Labute approximate surface area is 139 Å². The molecule has 0 saturated carbocycles. The molecule has 1 aromatic heterocycles. The Balaban J connectivity index is 1.38. The van der Waals surface area contributed by atoms with E-state index < -0.39 is 0 Å². The zero-order valence-electron chi connectivity index (χ0n) is 12.9. The molecule has 2 bridgehead atoms. The molecule has 1 atom stereocenters. The Kier molecular flexibility index (Phi) is 4.10. The molecule has 2 N–H and O–H groups in total. The predicted molar refractivity (Wildman–Crippen MR) is 89.6 cm³/mol. The van der Waals surface area contributed by atoms with Gasteiger partial charge < -0.3 is 15.2 Å². The summed E-state index contributed by atoms with van der Waals surface area (Å²) < 4.78 is 0. The Hall–Kier alpha value is -1.79. The molecule has 6 heteroatoms. The largest absolute Gasteiger partial charge is 0.348 e. The maximum atomic E-state index is 12.5. The van der Waals surface area contributed by atoms with Crippen LogP contribution in [0.2, 0.25) is 0 Å². The maximum Gasteiger partial charge on any atom is 0.251 e. The minimum atomic E-state index is 0.0434. The van der Waals surface area contributed by atoms with Crippen molar-refractivity contribution in [3.05, 3.63) is 42.4 Å². The lowest BCUT2D eigenvalue weighted by molar-refractivity contribution is 0.0620. The Morgan fingerprint density at radius 1 is 1.26 bits per heavy atom. The van der Waals surface area contributed by atoms with Gasteiger partial charge in [0.15, 0.2) is 0 Å². The highest BCUT2D eigenvalue weighted by Crippen LogP contribution is 2.28. The van der Waals surface area contributed by atoms with Gasteiger partial charge >= 0.3 is 0 Å². The summed E-state index contributed by atoms with van der Waals surface area (Å²) in [6.07, 6.45) is 5.88. The molecule has 0 radical (unpaired) electrons. The maximum absolute atomic E-state index is 12.5. The zero-order chi connectivity index (χ0) is 15.6. The number of benzene rings is 1. The molecular weight excluding hydrogens is 308 g/mol. The van der Waals surface area contributed by atoms with Crippen LogP contribution in [-0.2, 0) is 0 Å². The molecule has 0 aliphatic carbocycles. The number of carbonyl (C=O) groups excluding carboxylic acids is 1. The number of aromatic amines is 1. The topological polar surface area (TPSA) is 61.0 Å². The van der Waals surface area contributed by atoms with Crippen LogP contribution < -0.4 is 5.32 Å². The summed E-state index contributed by atoms with van der Waals surface area (Å²) >= 11 is 1.60. The normalized spacial score (nSPS) is 26.2. The second kappa shape index (κ2) is 6.37. The monoisotopic (exact) mass is 328 g/mol. The number of nitrogens with zero attached hydrogens (tertiary/aromatic N) is 2. The van der Waals surface area contributed by atoms with Gasteiger partial charge in [-0.1, -0.05) is 11.8 Å². The number of aromatic nitrogens is 2. The third-order valence-electron chi connectivity index (χ3n) is 4.79. The van der Waals surface area contributed by atoms with Gasteiger partial charge in [0.05, 0.1) is 17.6 Å². The van der Waals surface area contributed by atoms with E-state index in [0.29, 0.717) is 12.0 Å². The van der Waals surface area contributed by atoms with Crippen LogP contribution in [0.3, 0.4) is 0 Å². The Bertz CT molecular complexity index is 662. The second-order valence-corrected chi connectivity index (χ2v) is 7.38. The fourth-order valence-electron chi connectivity index (χ4n) is 3.48. The van der Waals surface area contributed by atoms with Gasteiger partial charge in [-0.15, -0.1) is 0 Å². The van der Waals surface area contributed by atoms with Crippen LogP contribution in [0.15, 0.2) is 46.7 Å². The summed E-state index contributed by atoms with van der Waals surface area (Å²) in [4.78, 5) is 23.1. The van der Waals surface area contributed by atoms with E-state index in [2.05, 4.69) is 20.2 Å². The summed E-state index contributed by atoms with van der Waals surface area (Å²) in [5, 5.41) is 4.22. The first-order valence-corrected chi connectivity index (χ1v) is 8.89. The summed E-state index contributed by atoms with van der Waals surface area (Å²) in [6, 6.07) is 8.07. The van der Waals surface area contributed by atoms with Crippen molar-refractivity contribution >= 4 is 17.7 Å². The van der Waals surface area contributed by atoms with Crippen LogP contribution >= 0.6 is 11.8 Å². The molecule has 5 rings (SSSR count). The van der Waals surface area contributed by atoms with Gasteiger partial charge in [-0.3, -0.25) is 4.79 Å². The van der Waals surface area contributed by atoms with E-state index in [1.807, 2.05) is 24.3 Å². The lowest BCUT2D eigenvalue weighted by Gasteiger charge is -2.44. The van der Waals surface area contributed by atoms with E-state index >= 15 is 0 Å². The molecule has 0 spiro atoms. The zero-order valence-corrected chi connectivity index (χ0v) is 13.7. The van der Waals surface area contributed by atoms with E-state index in [1.165, 1.54) is 25.9 Å². The summed E-state index contributed by atoms with van der Waals surface area (Å²) in [5.74, 6) is 0.695. The van der Waals surface area contributed by atoms with Gasteiger partial charge in [0.25, 0.3) is 5.91 Å². The third-order valence-corrected chi connectivity index (χ3v) is 5.74. The third kappa shape index (κ3) is 3.28. The highest BCUT2D eigenvalue weighted by Gasteiger charge is 2.34. The van der Waals surface area contributed by atoms with Crippen molar-refractivity contribution in [3.63, 3.8) is 0 Å². The molecule has 4 heterocycles. The van der Waals surface area contributed by atoms with E-state index in [0.717, 1.165) is 22.0 Å². The van der Waals surface area contributed by atoms with Crippen LogP contribution in [0.1, 0.15) is 23.2 Å². The SMILES string of the molecule is O=C(N[C@H]1CN2CCC1CC2)c1ccc(Sc2cnc[nH]2)cc1. The number of hydrogen-bond acceptors (Lipinski definition) is 4. The van der Waals surface area contributed by atoms with Crippen molar-refractivity contribution in [3.8, 4) is 0 Å². The minimum absolute atomic E-state index is 0.0434. The molecule has 2 aromatic rings. The van der Waals surface area contributed by atoms with E-state index in [1.54, 1.807) is 24.3 Å². The van der Waals surface area contributed by atoms with Crippen LogP contribution in [0.4, 0.5) is 0 Å². The lowest BCUT2D eigenvalue weighted by atomic mass is 9.84. The van der Waals surface area contributed by atoms with Gasteiger partial charge in [0, 0.05) is 23.0 Å². The first-order chi connectivity index (χ1) is 11.3. The number of nitrogens with one attached hydrogen (secondary N) is 2. The van der Waals surface area contributed by atoms with Gasteiger partial charge in [0.2, 0.25) is 0 Å². The summed E-state index contributed by atoms with van der Waals surface area (Å²) in [5.41, 5.74) is 0.732. The number of imidazole rings is 1. The second-order valence-electron chi connectivity index (χ2n) is 6.26. The van der Waals surface area contributed by atoms with Crippen LogP contribution in [-0.4, -0.2) is 46.5 Å². The van der Waals surface area contributed by atoms with Crippen molar-refractivity contribution in [1.82, 2.24) is 20.2 Å². The Morgan fingerprint density at radius 3 is 2.65 bits per heavy atom. The average molecular weight is 328 g/mol. The average Bonchev–Trinajstić information content (AvgIpc) is 3.09. The molecule has 3 fully saturated rings. The quantitative estimate of drug-likeness (QED) is 0.905. The van der Waals surface area contributed by atoms with Gasteiger partial charge in [-0.2, -0.15) is 0 Å². The van der Waals surface area contributed by atoms with E-state index in [-0.39, 0.29) is 5.91 Å². The number of carbonyl (C=O) groups is 1. The number of fused-ring (bicyclic) bond motifs is 3. The molecule has 3 saturated heterocycles. The summed E-state index contributed by atoms with van der Waals surface area (Å²) in [7, 11) is 0. The fraction of sp³-hybridized carbons (Fsp3) is 0.412. The highest BCUT2D eigenvalue weighted by molar-refractivity contribution is 7.99. The molecule has 1 amide bonds. The standard InChI is InChI=1S/C17H20N4OS/c22-17(20-15-10-21-7-5-12(15)6-8-21)13-1-3-14(4-2-13)23-16-9-18-11-19-16/h1-4,9,11-12,15H,5-8,10H2,(H,18,19)(H,20,22)/t15-/m0/s1. The van der Waals surface area contributed by atoms with Crippen molar-refractivity contribution in [1.29, 1.82) is 0 Å². The number of amides is 1. The van der Waals surface area contributed by atoms with Gasteiger partial charge in [0.1, 0.15) is 0 Å². The number of piperidine rings is 3. The predicted octanol–water partition coefficient (Wildman–Crippen LogP) is 2.38. The van der Waals surface area contributed by atoms with Crippen molar-refractivity contribution in [2.75, 3.05) is 19.6 Å². The highest BCUT2D eigenvalue weighted by atomic mass is 32.2. The minimum Gasteiger partial charge on any atom is -0.348 e. The van der Waals surface area contributed by atoms with Crippen molar-refractivity contribution in [2.45, 2.75) is 28.8 Å². The van der Waals surface area contributed by atoms with Crippen LogP contribution in [0.25, 0.3) is 0 Å². The first kappa shape index (κ1) is 14.8. The van der Waals surface area contributed by atoms with E-state index in [9.17, 15) is 4.79 Å². The van der Waals surface area contributed by atoms with E-state index in [4.69, 9.17) is 0 Å². The Morgan fingerprint density at radius 2 is 2.04 bits per heavy atom. The molecule has 5 nitrogen and oxygen atoms in total. The van der Waals surface area contributed by atoms with Crippen molar-refractivity contribution in [2.24, 2.45) is 5.92 Å². The van der Waals surface area contributed by atoms with Gasteiger partial charge in [-0.25, -0.2) is 4.98 Å². The smallest absolute Gasteiger partial charge is 0.251 e. The number of H-pyrrole nitrogens is 1.